The second-order valence-electron chi connectivity index (χ2n) is 6.23. The van der Waals surface area contributed by atoms with Gasteiger partial charge in [-0.05, 0) is 43.5 Å². The molecule has 1 aromatic heterocycles. The number of nitrogens with zero attached hydrogens (tertiary/aromatic N) is 2. The summed E-state index contributed by atoms with van der Waals surface area (Å²) in [6.07, 6.45) is 2.26. The van der Waals surface area contributed by atoms with Crippen molar-refractivity contribution < 1.29 is 9.47 Å². The molecule has 124 valence electrons. The molecule has 4 rings (SSSR count). The van der Waals surface area contributed by atoms with Gasteiger partial charge in [-0.1, -0.05) is 30.3 Å². The summed E-state index contributed by atoms with van der Waals surface area (Å²) < 4.78 is 14.1. The van der Waals surface area contributed by atoms with Crippen LogP contribution in [0.2, 0.25) is 0 Å². The maximum Gasteiger partial charge on any atom is 0.139 e. The molecule has 24 heavy (non-hydrogen) atoms. The van der Waals surface area contributed by atoms with E-state index < -0.39 is 0 Å². The number of aryl methyl sites for hydroxylation is 1. The average molecular weight is 322 g/mol. The van der Waals surface area contributed by atoms with Crippen molar-refractivity contribution >= 4 is 11.0 Å². The molecule has 0 saturated carbocycles. The lowest BCUT2D eigenvalue weighted by Crippen LogP contribution is -2.14. The van der Waals surface area contributed by atoms with Gasteiger partial charge in [0.2, 0.25) is 0 Å². The Kier molecular flexibility index (Phi) is 4.22. The molecule has 3 aromatic rings. The lowest BCUT2D eigenvalue weighted by molar-refractivity contribution is 0.101. The van der Waals surface area contributed by atoms with Crippen molar-refractivity contribution in [2.45, 2.75) is 32.4 Å². The largest absolute Gasteiger partial charge is 0.491 e. The fourth-order valence-corrected chi connectivity index (χ4v) is 3.32. The third-order valence-electron chi connectivity index (χ3n) is 4.57. The third kappa shape index (κ3) is 2.89. The number of ether oxygens (including phenoxy) is 2. The first-order chi connectivity index (χ1) is 11.8. The number of hydrogen-bond acceptors (Lipinski definition) is 3. The molecule has 0 spiro atoms. The van der Waals surface area contributed by atoms with Crippen LogP contribution >= 0.6 is 0 Å². The Hall–Kier alpha value is -2.33. The third-order valence-corrected chi connectivity index (χ3v) is 4.57. The van der Waals surface area contributed by atoms with Crippen LogP contribution in [0.1, 0.15) is 30.3 Å². The summed E-state index contributed by atoms with van der Waals surface area (Å²) in [4.78, 5) is 4.82. The van der Waals surface area contributed by atoms with Gasteiger partial charge in [-0.3, -0.25) is 0 Å². The van der Waals surface area contributed by atoms with E-state index >= 15 is 0 Å². The monoisotopic (exact) mass is 322 g/mol. The van der Waals surface area contributed by atoms with E-state index in [-0.39, 0.29) is 6.10 Å². The zero-order valence-electron chi connectivity index (χ0n) is 13.9. The summed E-state index contributed by atoms with van der Waals surface area (Å²) in [6, 6.07) is 16.4. The van der Waals surface area contributed by atoms with Crippen LogP contribution in [0.5, 0.6) is 5.75 Å². The Morgan fingerprint density at radius 3 is 2.83 bits per heavy atom. The number of hydrogen-bond donors (Lipinski definition) is 0. The van der Waals surface area contributed by atoms with E-state index in [1.54, 1.807) is 0 Å². The van der Waals surface area contributed by atoms with E-state index in [1.165, 1.54) is 0 Å². The standard InChI is InChI=1S/C20H22N2O2/c1-15-7-2-5-10-18(15)24-14-12-22-17-9-4-3-8-16(17)21-20(22)19-11-6-13-23-19/h2-5,7-10,19H,6,11-14H2,1H3. The zero-order chi connectivity index (χ0) is 16.4. The van der Waals surface area contributed by atoms with Gasteiger partial charge in [-0.15, -0.1) is 0 Å². The van der Waals surface area contributed by atoms with Crippen LogP contribution in [-0.4, -0.2) is 22.8 Å². The second-order valence-corrected chi connectivity index (χ2v) is 6.23. The summed E-state index contributed by atoms with van der Waals surface area (Å²) in [7, 11) is 0. The van der Waals surface area contributed by atoms with Crippen molar-refractivity contribution in [2.75, 3.05) is 13.2 Å². The molecule has 1 aliphatic heterocycles. The SMILES string of the molecule is Cc1ccccc1OCCn1c(C2CCCO2)nc2ccccc21. The smallest absolute Gasteiger partial charge is 0.139 e. The molecular formula is C20H22N2O2. The van der Waals surface area contributed by atoms with Crippen molar-refractivity contribution in [2.24, 2.45) is 0 Å². The van der Waals surface area contributed by atoms with Crippen LogP contribution in [0.4, 0.5) is 0 Å². The van der Waals surface area contributed by atoms with Crippen molar-refractivity contribution in [3.8, 4) is 5.75 Å². The second kappa shape index (κ2) is 6.65. The first-order valence-electron chi connectivity index (χ1n) is 8.58. The van der Waals surface area contributed by atoms with Crippen LogP contribution in [0.25, 0.3) is 11.0 Å². The van der Waals surface area contributed by atoms with Crippen LogP contribution in [-0.2, 0) is 11.3 Å². The lowest BCUT2D eigenvalue weighted by atomic mass is 10.2. The van der Waals surface area contributed by atoms with Crippen molar-refractivity contribution in [3.63, 3.8) is 0 Å². The molecule has 1 fully saturated rings. The first-order valence-corrected chi connectivity index (χ1v) is 8.58. The van der Waals surface area contributed by atoms with Gasteiger partial charge in [-0.25, -0.2) is 4.98 Å². The zero-order valence-corrected chi connectivity index (χ0v) is 13.9. The first kappa shape index (κ1) is 15.2. The van der Waals surface area contributed by atoms with Crippen molar-refractivity contribution in [1.82, 2.24) is 9.55 Å². The van der Waals surface area contributed by atoms with E-state index in [4.69, 9.17) is 14.5 Å². The fraction of sp³-hybridized carbons (Fsp3) is 0.350. The summed E-state index contributed by atoms with van der Waals surface area (Å²) >= 11 is 0. The van der Waals surface area contributed by atoms with Gasteiger partial charge in [-0.2, -0.15) is 0 Å². The highest BCUT2D eigenvalue weighted by Crippen LogP contribution is 2.30. The van der Waals surface area contributed by atoms with Crippen LogP contribution in [0.3, 0.4) is 0 Å². The average Bonchev–Trinajstić information content (AvgIpc) is 3.24. The number of aromatic nitrogens is 2. The predicted molar refractivity (Wildman–Crippen MR) is 94.3 cm³/mol. The molecule has 0 N–H and O–H groups in total. The van der Waals surface area contributed by atoms with Gasteiger partial charge in [0.25, 0.3) is 0 Å². The van der Waals surface area contributed by atoms with E-state index in [9.17, 15) is 0 Å². The minimum absolute atomic E-state index is 0.107. The van der Waals surface area contributed by atoms with Gasteiger partial charge in [0.15, 0.2) is 0 Å². The minimum Gasteiger partial charge on any atom is -0.491 e. The van der Waals surface area contributed by atoms with Gasteiger partial charge >= 0.3 is 0 Å². The molecular weight excluding hydrogens is 300 g/mol. The molecule has 0 amide bonds. The summed E-state index contributed by atoms with van der Waals surface area (Å²) in [5.41, 5.74) is 3.34. The Balaban J connectivity index is 1.58. The molecule has 0 aliphatic carbocycles. The molecule has 4 nitrogen and oxygen atoms in total. The number of fused-ring (bicyclic) bond motifs is 1. The maximum atomic E-state index is 5.99. The van der Waals surface area contributed by atoms with Crippen molar-refractivity contribution in [3.05, 3.63) is 59.9 Å². The summed E-state index contributed by atoms with van der Waals surface area (Å²) in [5, 5.41) is 0. The highest BCUT2D eigenvalue weighted by molar-refractivity contribution is 5.76. The molecule has 2 heterocycles. The van der Waals surface area contributed by atoms with Gasteiger partial charge in [0.1, 0.15) is 24.3 Å². The van der Waals surface area contributed by atoms with E-state index in [1.807, 2.05) is 24.3 Å². The van der Waals surface area contributed by atoms with E-state index in [0.717, 1.165) is 54.2 Å². The van der Waals surface area contributed by atoms with Crippen molar-refractivity contribution in [1.29, 1.82) is 0 Å². The van der Waals surface area contributed by atoms with Gasteiger partial charge in [0, 0.05) is 6.61 Å². The Labute approximate surface area is 142 Å². The maximum absolute atomic E-state index is 5.99. The van der Waals surface area contributed by atoms with Crippen LogP contribution < -0.4 is 4.74 Å². The van der Waals surface area contributed by atoms with Gasteiger partial charge < -0.3 is 14.0 Å². The number of para-hydroxylation sites is 3. The molecule has 1 saturated heterocycles. The number of rotatable bonds is 5. The Morgan fingerprint density at radius 2 is 2.00 bits per heavy atom. The molecule has 0 bridgehead atoms. The van der Waals surface area contributed by atoms with Gasteiger partial charge in [0.05, 0.1) is 17.6 Å². The Morgan fingerprint density at radius 1 is 1.17 bits per heavy atom. The molecule has 0 radical (unpaired) electrons. The quantitative estimate of drug-likeness (QED) is 0.703. The van der Waals surface area contributed by atoms with E-state index in [0.29, 0.717) is 6.61 Å². The number of benzene rings is 2. The lowest BCUT2D eigenvalue weighted by Gasteiger charge is -2.15. The van der Waals surface area contributed by atoms with Crippen LogP contribution in [0.15, 0.2) is 48.5 Å². The fourth-order valence-electron chi connectivity index (χ4n) is 3.32. The summed E-state index contributed by atoms with van der Waals surface area (Å²) in [5.74, 6) is 1.97. The Bertz CT molecular complexity index is 835. The number of imidazole rings is 1. The molecule has 4 heteroatoms. The van der Waals surface area contributed by atoms with Crippen LogP contribution in [0, 0.1) is 6.92 Å². The predicted octanol–water partition coefficient (Wildman–Crippen LogP) is 4.28. The molecule has 1 unspecified atom stereocenters. The molecule has 1 atom stereocenters. The molecule has 2 aromatic carbocycles. The highest BCUT2D eigenvalue weighted by Gasteiger charge is 2.24. The summed E-state index contributed by atoms with van der Waals surface area (Å²) in [6.45, 7) is 4.28. The normalized spacial score (nSPS) is 17.5. The highest BCUT2D eigenvalue weighted by atomic mass is 16.5. The topological polar surface area (TPSA) is 36.3 Å². The molecule has 1 aliphatic rings. The minimum atomic E-state index is 0.107. The van der Waals surface area contributed by atoms with E-state index in [2.05, 4.69) is 35.8 Å².